The van der Waals surface area contributed by atoms with E-state index in [9.17, 15) is 0 Å². The van der Waals surface area contributed by atoms with Crippen LogP contribution in [0.1, 0.15) is 38.1 Å². The molecule has 0 aliphatic rings. The molecule has 21 heavy (non-hydrogen) atoms. The summed E-state index contributed by atoms with van der Waals surface area (Å²) in [6.45, 7) is 7.18. The topological polar surface area (TPSA) is 47.0 Å². The minimum absolute atomic E-state index is 0.598. The fourth-order valence-corrected chi connectivity index (χ4v) is 1.99. The highest BCUT2D eigenvalue weighted by Gasteiger charge is 2.07. The number of para-hydroxylation sites is 1. The van der Waals surface area contributed by atoms with Gasteiger partial charge in [0.1, 0.15) is 17.4 Å². The zero-order valence-electron chi connectivity index (χ0n) is 13.0. The van der Waals surface area contributed by atoms with E-state index in [0.29, 0.717) is 5.88 Å². The minimum Gasteiger partial charge on any atom is -0.439 e. The fourth-order valence-electron chi connectivity index (χ4n) is 1.99. The average molecular weight is 285 g/mol. The first-order chi connectivity index (χ1) is 10.2. The summed E-state index contributed by atoms with van der Waals surface area (Å²) in [4.78, 5) is 9.02. The number of hydrogen-bond acceptors (Lipinski definition) is 4. The second kappa shape index (κ2) is 7.62. The fraction of sp³-hybridized carbons (Fsp3) is 0.412. The highest BCUT2D eigenvalue weighted by Crippen LogP contribution is 2.24. The molecule has 4 heteroatoms. The van der Waals surface area contributed by atoms with Crippen LogP contribution in [0.15, 0.2) is 30.3 Å². The number of nitrogens with zero attached hydrogens (tertiary/aromatic N) is 2. The van der Waals surface area contributed by atoms with Crippen molar-refractivity contribution in [3.05, 3.63) is 41.7 Å². The Labute approximate surface area is 126 Å². The van der Waals surface area contributed by atoms with E-state index in [1.54, 1.807) is 0 Å². The number of nitrogens with one attached hydrogen (secondary N) is 1. The molecular formula is C17H23N3O. The molecule has 0 fully saturated rings. The largest absolute Gasteiger partial charge is 0.439 e. The zero-order chi connectivity index (χ0) is 15.1. The number of anilines is 1. The normalized spacial score (nSPS) is 10.4. The second-order valence-electron chi connectivity index (χ2n) is 5.05. The third-order valence-electron chi connectivity index (χ3n) is 3.09. The standard InChI is InChI=1S/C17H23N3O/c1-4-8-15-19-16(18-11-5-2)12-17(20-15)21-14-10-7-6-9-13(14)3/h6-7,9-10,12H,4-5,8,11H2,1-3H3,(H,18,19,20). The van der Waals surface area contributed by atoms with Gasteiger partial charge in [0.25, 0.3) is 0 Å². The van der Waals surface area contributed by atoms with Crippen LogP contribution in [0.25, 0.3) is 0 Å². The molecule has 2 rings (SSSR count). The Hall–Kier alpha value is -2.10. The lowest BCUT2D eigenvalue weighted by atomic mass is 10.2. The summed E-state index contributed by atoms with van der Waals surface area (Å²) in [5, 5.41) is 3.30. The van der Waals surface area contributed by atoms with E-state index in [1.165, 1.54) is 0 Å². The van der Waals surface area contributed by atoms with Gasteiger partial charge in [-0.2, -0.15) is 4.98 Å². The lowest BCUT2D eigenvalue weighted by Crippen LogP contribution is -2.06. The van der Waals surface area contributed by atoms with E-state index >= 15 is 0 Å². The summed E-state index contributed by atoms with van der Waals surface area (Å²) in [6.07, 6.45) is 2.92. The van der Waals surface area contributed by atoms with Crippen molar-refractivity contribution in [3.8, 4) is 11.6 Å². The van der Waals surface area contributed by atoms with Crippen LogP contribution in [0.3, 0.4) is 0 Å². The monoisotopic (exact) mass is 285 g/mol. The molecule has 0 spiro atoms. The first-order valence-electron chi connectivity index (χ1n) is 7.58. The summed E-state index contributed by atoms with van der Waals surface area (Å²) >= 11 is 0. The van der Waals surface area contributed by atoms with Crippen LogP contribution in [0.2, 0.25) is 0 Å². The number of aryl methyl sites for hydroxylation is 2. The van der Waals surface area contributed by atoms with Crippen LogP contribution < -0.4 is 10.1 Å². The molecular weight excluding hydrogens is 262 g/mol. The third-order valence-corrected chi connectivity index (χ3v) is 3.09. The van der Waals surface area contributed by atoms with Gasteiger partial charge < -0.3 is 10.1 Å². The van der Waals surface area contributed by atoms with Crippen LogP contribution in [0, 0.1) is 6.92 Å². The molecule has 1 heterocycles. The van der Waals surface area contributed by atoms with E-state index < -0.39 is 0 Å². The minimum atomic E-state index is 0.598. The van der Waals surface area contributed by atoms with Gasteiger partial charge in [0.15, 0.2) is 0 Å². The summed E-state index contributed by atoms with van der Waals surface area (Å²) in [6, 6.07) is 9.81. The summed E-state index contributed by atoms with van der Waals surface area (Å²) in [5.41, 5.74) is 1.09. The molecule has 2 aromatic rings. The van der Waals surface area contributed by atoms with Crippen molar-refractivity contribution in [2.45, 2.75) is 40.0 Å². The maximum absolute atomic E-state index is 5.93. The molecule has 1 aromatic heterocycles. The summed E-state index contributed by atoms with van der Waals surface area (Å²) in [5.74, 6) is 3.09. The molecule has 0 radical (unpaired) electrons. The molecule has 0 saturated carbocycles. The van der Waals surface area contributed by atoms with Gasteiger partial charge >= 0.3 is 0 Å². The van der Waals surface area contributed by atoms with Gasteiger partial charge in [-0.1, -0.05) is 32.0 Å². The van der Waals surface area contributed by atoms with Crippen LogP contribution in [-0.2, 0) is 6.42 Å². The number of hydrogen-bond donors (Lipinski definition) is 1. The summed E-state index contributed by atoms with van der Waals surface area (Å²) < 4.78 is 5.93. The lowest BCUT2D eigenvalue weighted by molar-refractivity contribution is 0.455. The SMILES string of the molecule is CCCNc1cc(Oc2ccccc2C)nc(CCC)n1. The molecule has 0 unspecified atom stereocenters. The number of aromatic nitrogens is 2. The van der Waals surface area contributed by atoms with Gasteiger partial charge in [0.05, 0.1) is 0 Å². The molecule has 0 saturated heterocycles. The Morgan fingerprint density at radius 2 is 1.90 bits per heavy atom. The summed E-state index contributed by atoms with van der Waals surface area (Å²) in [7, 11) is 0. The van der Waals surface area contributed by atoms with Crippen molar-refractivity contribution in [1.82, 2.24) is 9.97 Å². The maximum Gasteiger partial charge on any atom is 0.224 e. The average Bonchev–Trinajstić information content (AvgIpc) is 2.48. The van der Waals surface area contributed by atoms with Gasteiger partial charge in [-0.05, 0) is 31.4 Å². The number of rotatable bonds is 7. The maximum atomic E-state index is 5.93. The Balaban J connectivity index is 2.24. The molecule has 1 aromatic carbocycles. The van der Waals surface area contributed by atoms with Crippen LogP contribution in [0.4, 0.5) is 5.82 Å². The van der Waals surface area contributed by atoms with E-state index in [4.69, 9.17) is 4.74 Å². The molecule has 4 nitrogen and oxygen atoms in total. The number of ether oxygens (including phenoxy) is 1. The van der Waals surface area contributed by atoms with Crippen molar-refractivity contribution in [3.63, 3.8) is 0 Å². The molecule has 0 aliphatic heterocycles. The van der Waals surface area contributed by atoms with E-state index in [1.807, 2.05) is 37.3 Å². The predicted molar refractivity (Wildman–Crippen MR) is 86.1 cm³/mol. The highest BCUT2D eigenvalue weighted by atomic mass is 16.5. The van der Waals surface area contributed by atoms with Gasteiger partial charge in [0, 0.05) is 19.0 Å². The molecule has 0 aliphatic carbocycles. The van der Waals surface area contributed by atoms with Crippen molar-refractivity contribution >= 4 is 5.82 Å². The molecule has 0 atom stereocenters. The van der Waals surface area contributed by atoms with Gasteiger partial charge in [-0.3, -0.25) is 0 Å². The van der Waals surface area contributed by atoms with Crippen molar-refractivity contribution < 1.29 is 4.74 Å². The first-order valence-corrected chi connectivity index (χ1v) is 7.58. The lowest BCUT2D eigenvalue weighted by Gasteiger charge is -2.11. The van der Waals surface area contributed by atoms with Crippen molar-refractivity contribution in [2.75, 3.05) is 11.9 Å². The van der Waals surface area contributed by atoms with Gasteiger partial charge in [-0.15, -0.1) is 0 Å². The van der Waals surface area contributed by atoms with E-state index in [2.05, 4.69) is 29.1 Å². The predicted octanol–water partition coefficient (Wildman–Crippen LogP) is 4.35. The van der Waals surface area contributed by atoms with Crippen molar-refractivity contribution in [2.24, 2.45) is 0 Å². The van der Waals surface area contributed by atoms with Crippen molar-refractivity contribution in [1.29, 1.82) is 0 Å². The van der Waals surface area contributed by atoms with Gasteiger partial charge in [-0.25, -0.2) is 4.98 Å². The Morgan fingerprint density at radius 3 is 2.62 bits per heavy atom. The van der Waals surface area contributed by atoms with Crippen LogP contribution in [-0.4, -0.2) is 16.5 Å². The quantitative estimate of drug-likeness (QED) is 0.821. The van der Waals surface area contributed by atoms with Crippen LogP contribution in [0.5, 0.6) is 11.6 Å². The molecule has 112 valence electrons. The molecule has 0 amide bonds. The van der Waals surface area contributed by atoms with E-state index in [0.717, 1.165) is 48.8 Å². The Kier molecular flexibility index (Phi) is 5.55. The third kappa shape index (κ3) is 4.45. The first kappa shape index (κ1) is 15.3. The van der Waals surface area contributed by atoms with Gasteiger partial charge in [0.2, 0.25) is 5.88 Å². The second-order valence-corrected chi connectivity index (χ2v) is 5.05. The zero-order valence-corrected chi connectivity index (χ0v) is 13.0. The molecule has 0 bridgehead atoms. The highest BCUT2D eigenvalue weighted by molar-refractivity contribution is 5.41. The Morgan fingerprint density at radius 1 is 1.10 bits per heavy atom. The van der Waals surface area contributed by atoms with E-state index in [-0.39, 0.29) is 0 Å². The van der Waals surface area contributed by atoms with Crippen LogP contribution >= 0.6 is 0 Å². The molecule has 1 N–H and O–H groups in total. The Bertz CT molecular complexity index is 584. The number of benzene rings is 1. The smallest absolute Gasteiger partial charge is 0.224 e.